The van der Waals surface area contributed by atoms with Gasteiger partial charge >= 0.3 is 13.8 Å². The maximum Gasteiger partial charge on any atom is 0.475 e. The van der Waals surface area contributed by atoms with E-state index in [1.165, 1.54) is 0 Å². The van der Waals surface area contributed by atoms with Gasteiger partial charge in [-0.25, -0.2) is 4.57 Å². The van der Waals surface area contributed by atoms with Gasteiger partial charge in [-0.15, -0.1) is 0 Å². The first-order valence-corrected chi connectivity index (χ1v) is 46.0. The van der Waals surface area contributed by atoms with Crippen LogP contribution in [-0.2, 0) is 60.0 Å². The van der Waals surface area contributed by atoms with E-state index in [1.54, 1.807) is 7.11 Å². The molecule has 11 atom stereocenters. The molecule has 0 amide bonds. The molecule has 2 aliphatic heterocycles. The monoisotopic (exact) mass is 1170 g/mol. The second kappa shape index (κ2) is 25.7. The molecule has 0 saturated carbocycles. The number of hydrogen-bond donors (Lipinski definition) is 0. The summed E-state index contributed by atoms with van der Waals surface area (Å²) in [5.41, 5.74) is -1.72. The number of carbonyl (C=O) groups excluding carboxylic acids is 2. The molecule has 0 aromatic rings. The lowest BCUT2D eigenvalue weighted by Gasteiger charge is -2.53. The van der Waals surface area contributed by atoms with Gasteiger partial charge in [0.2, 0.25) is 0 Å². The van der Waals surface area contributed by atoms with Crippen molar-refractivity contribution in [3.8, 4) is 0 Å². The standard InChI is InChI=1S/C56H117O13PSi5/c1-40(39-61-50(58)51(4,5)6)47(69-75(29,30)54(13,14)15)42(3)44(67-73(25,26)52(7,8)9)37-45(60-18)48-49(66-70(59,62-33-35-71(19,20)21)63-34-36-72(22,23)24)55(16,17)56(65-48)38-46(41(2)43(64-56)31-32-57)68-74(27,28)53(10,11)12/h32,40-49H,31,33-39H2,1-30H3/t40-,41-,42+,43+,44+,45+,46-,47-,48-,49+,56-/m0/s1. The molecule has 0 aliphatic carbocycles. The smallest absolute Gasteiger partial charge is 0.465 e. The maximum atomic E-state index is 15.6. The van der Waals surface area contributed by atoms with E-state index in [0.29, 0.717) is 12.8 Å². The number of aldehydes is 1. The Balaban J connectivity index is 3.08. The molecule has 0 N–H and O–H groups in total. The average Bonchev–Trinajstić information content (AvgIpc) is 3.39. The van der Waals surface area contributed by atoms with Crippen molar-refractivity contribution in [3.05, 3.63) is 0 Å². The van der Waals surface area contributed by atoms with Crippen molar-refractivity contribution < 1.29 is 60.0 Å². The predicted octanol–water partition coefficient (Wildman–Crippen LogP) is 15.8. The van der Waals surface area contributed by atoms with E-state index in [4.69, 9.17) is 45.8 Å². The van der Waals surface area contributed by atoms with Gasteiger partial charge in [-0.2, -0.15) is 0 Å². The van der Waals surface area contributed by atoms with Gasteiger partial charge in [0.05, 0.1) is 55.8 Å². The molecule has 13 nitrogen and oxygen atoms in total. The fourth-order valence-electron chi connectivity index (χ4n) is 8.84. The Kier molecular flexibility index (Phi) is 24.4. The van der Waals surface area contributed by atoms with Crippen LogP contribution in [0, 0.1) is 28.6 Å². The highest BCUT2D eigenvalue weighted by molar-refractivity contribution is 7.48. The van der Waals surface area contributed by atoms with Crippen LogP contribution < -0.4 is 0 Å². The van der Waals surface area contributed by atoms with Gasteiger partial charge in [-0.1, -0.05) is 136 Å². The minimum atomic E-state index is -4.30. The Bertz CT molecular complexity index is 1850. The molecule has 0 aromatic heterocycles. The highest BCUT2D eigenvalue weighted by Crippen LogP contribution is 2.62. The van der Waals surface area contributed by atoms with E-state index in [0.717, 1.165) is 18.4 Å². The fourth-order valence-corrected chi connectivity index (χ4v) is 16.4. The molecule has 0 aromatic carbocycles. The van der Waals surface area contributed by atoms with E-state index < -0.39 is 96.1 Å². The number of phosphoric ester groups is 1. The van der Waals surface area contributed by atoms with E-state index in [9.17, 15) is 9.59 Å². The van der Waals surface area contributed by atoms with Gasteiger partial charge in [0.25, 0.3) is 0 Å². The number of rotatable bonds is 27. The lowest BCUT2D eigenvalue weighted by Crippen LogP contribution is -2.60. The van der Waals surface area contributed by atoms with Crippen molar-refractivity contribution in [1.82, 2.24) is 0 Å². The predicted molar refractivity (Wildman–Crippen MR) is 322 cm³/mol. The first-order chi connectivity index (χ1) is 33.3. The molecule has 2 rings (SSSR count). The van der Waals surface area contributed by atoms with Crippen LogP contribution in [0.25, 0.3) is 0 Å². The zero-order valence-electron chi connectivity index (χ0n) is 53.8. The molecular formula is C56H117O13PSi5. The number of phosphoric acid groups is 1. The van der Waals surface area contributed by atoms with Crippen LogP contribution in [0.5, 0.6) is 0 Å². The number of esters is 1. The third-order valence-corrected chi connectivity index (χ3v) is 36.1. The van der Waals surface area contributed by atoms with Crippen molar-refractivity contribution in [2.45, 2.75) is 291 Å². The number of carbonyl (C=O) groups is 2. The normalized spacial score (nSPS) is 26.0. The van der Waals surface area contributed by atoms with Crippen LogP contribution in [0.15, 0.2) is 0 Å². The summed E-state index contributed by atoms with van der Waals surface area (Å²) in [5, 5.41) is -0.376. The first kappa shape index (κ1) is 71.2. The third-order valence-electron chi connectivity index (χ3n) is 17.7. The fraction of sp³-hybridized carbons (Fsp3) is 0.964. The molecule has 0 unspecified atom stereocenters. The van der Waals surface area contributed by atoms with Gasteiger partial charge < -0.3 is 37.0 Å². The zero-order chi connectivity index (χ0) is 58.8. The highest BCUT2D eigenvalue weighted by atomic mass is 31.2. The van der Waals surface area contributed by atoms with Gasteiger partial charge in [0, 0.05) is 65.7 Å². The molecule has 0 bridgehead atoms. The van der Waals surface area contributed by atoms with Gasteiger partial charge in [0.1, 0.15) is 18.5 Å². The highest BCUT2D eigenvalue weighted by Gasteiger charge is 2.69. The zero-order valence-corrected chi connectivity index (χ0v) is 59.7. The molecule has 19 heteroatoms. The quantitative estimate of drug-likeness (QED) is 0.0333. The summed E-state index contributed by atoms with van der Waals surface area (Å²) in [6.07, 6.45) is -2.60. The summed E-state index contributed by atoms with van der Waals surface area (Å²) < 4.78 is 85.7. The van der Waals surface area contributed by atoms with Gasteiger partial charge in [-0.05, 0) is 87.3 Å². The Morgan fingerprint density at radius 1 is 0.733 bits per heavy atom. The van der Waals surface area contributed by atoms with Crippen LogP contribution in [0.4, 0.5) is 0 Å². The topological polar surface area (TPSA) is 144 Å². The molecule has 1 spiro atoms. The Morgan fingerprint density at radius 2 is 1.20 bits per heavy atom. The van der Waals surface area contributed by atoms with Crippen LogP contribution in [0.1, 0.15) is 137 Å². The van der Waals surface area contributed by atoms with E-state index >= 15 is 4.57 Å². The summed E-state index contributed by atoms with van der Waals surface area (Å²) in [7, 11) is -13.3. The molecule has 2 saturated heterocycles. The Hall–Kier alpha value is 0.0944. The van der Waals surface area contributed by atoms with Crippen molar-refractivity contribution in [1.29, 1.82) is 0 Å². The Morgan fingerprint density at radius 3 is 1.61 bits per heavy atom. The molecule has 2 fully saturated rings. The summed E-state index contributed by atoms with van der Waals surface area (Å²) >= 11 is 0. The average molecular weight is 1170 g/mol. The summed E-state index contributed by atoms with van der Waals surface area (Å²) in [6.45, 7) is 64.0. The third kappa shape index (κ3) is 19.3. The molecule has 0 radical (unpaired) electrons. The first-order valence-electron chi connectivity index (χ1n) is 28.4. The SMILES string of the molecule is CO[C@H](C[C@@H](O[Si](C)(C)C(C)(C)C)[C@@H](C)[C@@H](O[Si](C)(C)C(C)(C)C)[C@@H](C)COC(=O)C(C)(C)C)[C@@H]1O[C@@]2(C[C@H](O[Si](C)(C)C(C)(C)C)[C@@H](C)[C@@H](CC=O)O2)C(C)(C)[C@@H]1OP(=O)(OCC[Si](C)(C)C)OCC[Si](C)(C)C. The van der Waals surface area contributed by atoms with Crippen LogP contribution in [0.3, 0.4) is 0 Å². The molecule has 2 heterocycles. The molecule has 444 valence electrons. The van der Waals surface area contributed by atoms with Crippen molar-refractivity contribution in [2.24, 2.45) is 28.6 Å². The minimum absolute atomic E-state index is 0.0966. The summed E-state index contributed by atoms with van der Waals surface area (Å²) in [5.74, 6) is -2.25. The van der Waals surface area contributed by atoms with E-state index in [-0.39, 0.29) is 77.3 Å². The lowest BCUT2D eigenvalue weighted by atomic mass is 9.72. The van der Waals surface area contributed by atoms with Gasteiger partial charge in [-0.3, -0.25) is 18.4 Å². The van der Waals surface area contributed by atoms with Crippen molar-refractivity contribution >= 4 is 61.2 Å². The second-order valence-electron chi connectivity index (χ2n) is 31.3. The Labute approximate surface area is 465 Å². The van der Waals surface area contributed by atoms with E-state index in [1.807, 2.05) is 34.6 Å². The van der Waals surface area contributed by atoms with E-state index in [2.05, 4.69) is 162 Å². The number of hydrogen-bond acceptors (Lipinski definition) is 13. The summed E-state index contributed by atoms with van der Waals surface area (Å²) in [4.78, 5) is 25.9. The maximum absolute atomic E-state index is 15.6. The van der Waals surface area contributed by atoms with Crippen LogP contribution >= 0.6 is 7.82 Å². The minimum Gasteiger partial charge on any atom is -0.465 e. The number of ether oxygens (including phenoxy) is 4. The van der Waals surface area contributed by atoms with Crippen LogP contribution in [-0.4, -0.2) is 129 Å². The molecule has 75 heavy (non-hydrogen) atoms. The van der Waals surface area contributed by atoms with Gasteiger partial charge in [0.15, 0.2) is 30.7 Å². The summed E-state index contributed by atoms with van der Waals surface area (Å²) in [6, 6.07) is 1.51. The molecule has 2 aliphatic rings. The van der Waals surface area contributed by atoms with Crippen molar-refractivity contribution in [2.75, 3.05) is 26.9 Å². The van der Waals surface area contributed by atoms with Crippen LogP contribution in [0.2, 0.25) is 106 Å². The second-order valence-corrected chi connectivity index (χ2v) is 58.4. The number of methoxy groups -OCH3 is 1. The molecular weight excluding hydrogens is 1050 g/mol. The largest absolute Gasteiger partial charge is 0.475 e. The lowest BCUT2D eigenvalue weighted by molar-refractivity contribution is -0.333. The van der Waals surface area contributed by atoms with Crippen molar-refractivity contribution in [3.63, 3.8) is 0 Å².